The van der Waals surface area contributed by atoms with Crippen LogP contribution in [0.25, 0.3) is 11.3 Å². The van der Waals surface area contributed by atoms with Gasteiger partial charge < -0.3 is 4.74 Å². The maximum absolute atomic E-state index is 12.9. The quantitative estimate of drug-likeness (QED) is 0.362. The van der Waals surface area contributed by atoms with Crippen LogP contribution in [-0.4, -0.2) is 37.8 Å². The molecule has 0 saturated heterocycles. The predicted molar refractivity (Wildman–Crippen MR) is 111 cm³/mol. The van der Waals surface area contributed by atoms with Gasteiger partial charge in [-0.05, 0) is 19.1 Å². The predicted octanol–water partition coefficient (Wildman–Crippen LogP) is 3.17. The van der Waals surface area contributed by atoms with E-state index in [4.69, 9.17) is 4.74 Å². The van der Waals surface area contributed by atoms with Crippen LogP contribution in [-0.2, 0) is 0 Å². The van der Waals surface area contributed by atoms with Crippen molar-refractivity contribution in [3.63, 3.8) is 0 Å². The second-order valence-electron chi connectivity index (χ2n) is 6.40. The van der Waals surface area contributed by atoms with E-state index in [1.165, 1.54) is 16.3 Å². The number of carbonyl (C=O) groups excluding carboxylic acids is 1. The highest BCUT2D eigenvalue weighted by Gasteiger charge is 2.15. The van der Waals surface area contributed by atoms with E-state index in [-0.39, 0.29) is 22.7 Å². The molecule has 146 valence electrons. The summed E-state index contributed by atoms with van der Waals surface area (Å²) < 4.78 is 8.41. The van der Waals surface area contributed by atoms with Gasteiger partial charge in [0.2, 0.25) is 5.65 Å². The maximum atomic E-state index is 12.9. The average molecular weight is 406 g/mol. The summed E-state index contributed by atoms with van der Waals surface area (Å²) in [6.45, 7) is 1.98. The molecular formula is C21H18N4O3S. The number of para-hydroxylation sites is 2. The van der Waals surface area contributed by atoms with Gasteiger partial charge in [-0.15, -0.1) is 10.2 Å². The maximum Gasteiger partial charge on any atom is 0.300 e. The average Bonchev–Trinajstić information content (AvgIpc) is 3.17. The number of nitrogens with zero attached hydrogens (tertiary/aromatic N) is 4. The summed E-state index contributed by atoms with van der Waals surface area (Å²) in [5.41, 5.74) is 2.23. The summed E-state index contributed by atoms with van der Waals surface area (Å²) in [6, 6.07) is 14.7. The highest BCUT2D eigenvalue weighted by Crippen LogP contribution is 2.22. The molecule has 29 heavy (non-hydrogen) atoms. The molecule has 2 aromatic heterocycles. The Morgan fingerprint density at radius 2 is 1.83 bits per heavy atom. The summed E-state index contributed by atoms with van der Waals surface area (Å²) in [6.07, 6.45) is 3.35. The molecule has 0 amide bonds. The fourth-order valence-electron chi connectivity index (χ4n) is 2.94. The van der Waals surface area contributed by atoms with Gasteiger partial charge in [-0.3, -0.25) is 18.6 Å². The van der Waals surface area contributed by atoms with Gasteiger partial charge in [0.05, 0.1) is 18.6 Å². The number of methoxy groups -OCH3 is 1. The Labute approximate surface area is 171 Å². The number of carbonyl (C=O) groups is 1. The summed E-state index contributed by atoms with van der Waals surface area (Å²) in [4.78, 5) is 25.3. The Bertz CT molecular complexity index is 1250. The number of hydrogen-bond donors (Lipinski definition) is 0. The van der Waals surface area contributed by atoms with Crippen LogP contribution in [0.1, 0.15) is 15.9 Å². The topological polar surface area (TPSA) is 78.5 Å². The van der Waals surface area contributed by atoms with Crippen LogP contribution in [0, 0.1) is 6.92 Å². The minimum atomic E-state index is -0.318. The number of ether oxygens (including phenoxy) is 1. The molecule has 2 heterocycles. The van der Waals surface area contributed by atoms with Crippen molar-refractivity contribution in [3.05, 3.63) is 82.4 Å². The molecule has 0 atom stereocenters. The third kappa shape index (κ3) is 3.66. The number of fused-ring (bicyclic) bond motifs is 1. The molecule has 0 aliphatic rings. The van der Waals surface area contributed by atoms with Crippen molar-refractivity contribution >= 4 is 23.2 Å². The zero-order valence-corrected chi connectivity index (χ0v) is 16.7. The van der Waals surface area contributed by atoms with E-state index in [2.05, 4.69) is 10.2 Å². The van der Waals surface area contributed by atoms with Crippen molar-refractivity contribution in [1.29, 1.82) is 0 Å². The standard InChI is InChI=1S/C21H18N4O3S/c1-14-7-9-15(10-8-14)17(26)13-29-21-23-22-19-20(27)24(11-12-25(19)21)16-5-3-4-6-18(16)28-2/h3-12H,13H2,1-2H3. The molecule has 4 rings (SSSR count). The minimum absolute atomic E-state index is 0.00545. The normalized spacial score (nSPS) is 11.0. The van der Waals surface area contributed by atoms with E-state index in [9.17, 15) is 9.59 Å². The lowest BCUT2D eigenvalue weighted by Gasteiger charge is -2.10. The Morgan fingerprint density at radius 1 is 1.07 bits per heavy atom. The Hall–Kier alpha value is -3.39. The van der Waals surface area contributed by atoms with Crippen LogP contribution in [0.2, 0.25) is 0 Å². The van der Waals surface area contributed by atoms with Crippen LogP contribution in [0.3, 0.4) is 0 Å². The van der Waals surface area contributed by atoms with Gasteiger partial charge in [0.25, 0.3) is 0 Å². The third-order valence-corrected chi connectivity index (χ3v) is 5.43. The molecule has 0 N–H and O–H groups in total. The van der Waals surface area contributed by atoms with E-state index in [0.29, 0.717) is 22.2 Å². The first kappa shape index (κ1) is 18.9. The molecule has 0 radical (unpaired) electrons. The number of benzene rings is 2. The number of Topliss-reactive ketones (excluding diaryl/α,β-unsaturated/α-hetero) is 1. The van der Waals surface area contributed by atoms with Crippen LogP contribution in [0.5, 0.6) is 5.75 Å². The summed E-state index contributed by atoms with van der Waals surface area (Å²) >= 11 is 1.25. The van der Waals surface area contributed by atoms with Crippen molar-refractivity contribution in [1.82, 2.24) is 19.2 Å². The SMILES string of the molecule is COc1ccccc1-n1ccn2c(SCC(=O)c3ccc(C)cc3)nnc2c1=O. The second kappa shape index (κ2) is 7.92. The lowest BCUT2D eigenvalue weighted by atomic mass is 10.1. The van der Waals surface area contributed by atoms with Gasteiger partial charge in [-0.1, -0.05) is 53.7 Å². The number of ketones is 1. The third-order valence-electron chi connectivity index (χ3n) is 4.49. The van der Waals surface area contributed by atoms with Crippen molar-refractivity contribution in [3.8, 4) is 11.4 Å². The number of aryl methyl sites for hydroxylation is 1. The fourth-order valence-corrected chi connectivity index (χ4v) is 3.75. The van der Waals surface area contributed by atoms with Gasteiger partial charge in [0.1, 0.15) is 5.75 Å². The van der Waals surface area contributed by atoms with Crippen LogP contribution >= 0.6 is 11.8 Å². The zero-order valence-electron chi connectivity index (χ0n) is 15.9. The van der Waals surface area contributed by atoms with E-state index in [1.54, 1.807) is 36.0 Å². The van der Waals surface area contributed by atoms with Crippen molar-refractivity contribution in [2.45, 2.75) is 12.1 Å². The van der Waals surface area contributed by atoms with Gasteiger partial charge in [0.15, 0.2) is 10.9 Å². The van der Waals surface area contributed by atoms with Crippen LogP contribution in [0.15, 0.2) is 70.9 Å². The molecule has 7 nitrogen and oxygen atoms in total. The molecule has 0 spiro atoms. The Morgan fingerprint density at radius 3 is 2.59 bits per heavy atom. The first-order chi connectivity index (χ1) is 14.1. The number of aromatic nitrogens is 4. The Balaban J connectivity index is 1.61. The molecule has 0 fully saturated rings. The number of hydrogen-bond acceptors (Lipinski definition) is 6. The second-order valence-corrected chi connectivity index (χ2v) is 7.34. The van der Waals surface area contributed by atoms with E-state index in [0.717, 1.165) is 5.56 Å². The number of rotatable bonds is 6. The fraction of sp³-hybridized carbons (Fsp3) is 0.143. The van der Waals surface area contributed by atoms with Gasteiger partial charge >= 0.3 is 5.56 Å². The highest BCUT2D eigenvalue weighted by atomic mass is 32.2. The molecule has 0 bridgehead atoms. The Kier molecular flexibility index (Phi) is 5.18. The summed E-state index contributed by atoms with van der Waals surface area (Å²) in [5.74, 6) is 0.783. The molecule has 0 aliphatic carbocycles. The van der Waals surface area contributed by atoms with E-state index >= 15 is 0 Å². The van der Waals surface area contributed by atoms with Gasteiger partial charge in [0, 0.05) is 18.0 Å². The van der Waals surface area contributed by atoms with Crippen molar-refractivity contribution in [2.75, 3.05) is 12.9 Å². The lowest BCUT2D eigenvalue weighted by Crippen LogP contribution is -2.20. The van der Waals surface area contributed by atoms with Gasteiger partial charge in [-0.25, -0.2) is 0 Å². The molecule has 0 saturated carbocycles. The van der Waals surface area contributed by atoms with E-state index < -0.39 is 0 Å². The molecular weight excluding hydrogens is 388 g/mol. The molecule has 8 heteroatoms. The van der Waals surface area contributed by atoms with Crippen LogP contribution in [0.4, 0.5) is 0 Å². The van der Waals surface area contributed by atoms with Crippen molar-refractivity contribution < 1.29 is 9.53 Å². The largest absolute Gasteiger partial charge is 0.495 e. The molecule has 0 unspecified atom stereocenters. The summed E-state index contributed by atoms with van der Waals surface area (Å²) in [7, 11) is 1.55. The first-order valence-electron chi connectivity index (χ1n) is 8.91. The number of thioether (sulfide) groups is 1. The monoisotopic (exact) mass is 406 g/mol. The zero-order chi connectivity index (χ0) is 20.4. The minimum Gasteiger partial charge on any atom is -0.495 e. The lowest BCUT2D eigenvalue weighted by molar-refractivity contribution is 0.102. The molecule has 2 aromatic carbocycles. The molecule has 4 aromatic rings. The van der Waals surface area contributed by atoms with Crippen molar-refractivity contribution in [2.24, 2.45) is 0 Å². The summed E-state index contributed by atoms with van der Waals surface area (Å²) in [5, 5.41) is 8.61. The smallest absolute Gasteiger partial charge is 0.300 e. The first-order valence-corrected chi connectivity index (χ1v) is 9.89. The van der Waals surface area contributed by atoms with Gasteiger partial charge in [-0.2, -0.15) is 0 Å². The van der Waals surface area contributed by atoms with E-state index in [1.807, 2.05) is 43.3 Å². The van der Waals surface area contributed by atoms with Crippen LogP contribution < -0.4 is 10.3 Å². The highest BCUT2D eigenvalue weighted by molar-refractivity contribution is 7.99. The molecule has 0 aliphatic heterocycles.